The van der Waals surface area contributed by atoms with E-state index in [1.165, 1.54) is 12.1 Å². The number of nitrogens with zero attached hydrogens (tertiary/aromatic N) is 1. The van der Waals surface area contributed by atoms with Crippen molar-refractivity contribution >= 4 is 27.1 Å². The Kier molecular flexibility index (Phi) is 4.34. The van der Waals surface area contributed by atoms with Crippen molar-refractivity contribution in [3.63, 3.8) is 0 Å². The van der Waals surface area contributed by atoms with Crippen LogP contribution in [0.4, 0.5) is 10.1 Å². The van der Waals surface area contributed by atoms with Gasteiger partial charge in [-0.05, 0) is 24.3 Å². The number of rotatable bonds is 4. The van der Waals surface area contributed by atoms with E-state index in [0.29, 0.717) is 0 Å². The molecule has 6 nitrogen and oxygen atoms in total. The Balaban J connectivity index is 2.46. The molecule has 0 unspecified atom stereocenters. The average molecular weight is 346 g/mol. The molecule has 0 aliphatic rings. The lowest BCUT2D eigenvalue weighted by molar-refractivity contribution is -0.385. The number of benzene rings is 2. The van der Waals surface area contributed by atoms with Gasteiger partial charge < -0.3 is 4.74 Å². The van der Waals surface area contributed by atoms with Crippen LogP contribution in [0, 0.1) is 15.9 Å². The van der Waals surface area contributed by atoms with Crippen LogP contribution < -0.4 is 4.74 Å². The monoisotopic (exact) mass is 345 g/mol. The van der Waals surface area contributed by atoms with Crippen LogP contribution >= 0.6 is 11.6 Å². The molecule has 0 aliphatic heterocycles. The maximum absolute atomic E-state index is 13.1. The Morgan fingerprint density at radius 3 is 2.45 bits per heavy atom. The summed E-state index contributed by atoms with van der Waals surface area (Å²) in [7, 11) is -3.59. The largest absolute Gasteiger partial charge is 0.450 e. The first-order valence-corrected chi connectivity index (χ1v) is 8.07. The van der Waals surface area contributed by atoms with Gasteiger partial charge in [-0.15, -0.1) is 0 Å². The fourth-order valence-corrected chi connectivity index (χ4v) is 2.44. The number of nitro benzene ring substituents is 1. The summed E-state index contributed by atoms with van der Waals surface area (Å²) in [6.45, 7) is 0. The van der Waals surface area contributed by atoms with E-state index >= 15 is 0 Å². The summed E-state index contributed by atoms with van der Waals surface area (Å²) in [5.74, 6) is -0.752. The molecule has 0 aromatic heterocycles. The van der Waals surface area contributed by atoms with Gasteiger partial charge >= 0.3 is 5.69 Å². The average Bonchev–Trinajstić information content (AvgIpc) is 2.42. The van der Waals surface area contributed by atoms with Crippen LogP contribution in [0.1, 0.15) is 0 Å². The van der Waals surface area contributed by atoms with E-state index in [1.54, 1.807) is 0 Å². The van der Waals surface area contributed by atoms with Crippen molar-refractivity contribution < 1.29 is 22.5 Å². The van der Waals surface area contributed by atoms with E-state index in [1.807, 2.05) is 0 Å². The predicted octanol–water partition coefficient (Wildman–Crippen LogP) is 3.58. The lowest BCUT2D eigenvalue weighted by atomic mass is 10.3. The molecule has 116 valence electrons. The van der Waals surface area contributed by atoms with Gasteiger partial charge in [0.25, 0.3) is 0 Å². The van der Waals surface area contributed by atoms with Crippen molar-refractivity contribution in [2.45, 2.75) is 4.90 Å². The molecule has 2 rings (SSSR count). The third-order valence-electron chi connectivity index (χ3n) is 2.67. The van der Waals surface area contributed by atoms with Gasteiger partial charge in [0, 0.05) is 18.4 Å². The molecule has 9 heteroatoms. The zero-order chi connectivity index (χ0) is 16.5. The van der Waals surface area contributed by atoms with Gasteiger partial charge in [-0.3, -0.25) is 10.1 Å². The highest BCUT2D eigenvalue weighted by Crippen LogP contribution is 2.34. The lowest BCUT2D eigenvalue weighted by Crippen LogP contribution is -2.00. The first-order chi connectivity index (χ1) is 10.2. The second kappa shape index (κ2) is 5.90. The number of hydrogen-bond acceptors (Lipinski definition) is 5. The van der Waals surface area contributed by atoms with E-state index in [0.717, 1.165) is 30.5 Å². The van der Waals surface area contributed by atoms with Gasteiger partial charge in [0.15, 0.2) is 9.84 Å². The molecule has 0 spiro atoms. The fourth-order valence-electron chi connectivity index (χ4n) is 1.62. The Bertz CT molecular complexity index is 854. The van der Waals surface area contributed by atoms with Crippen LogP contribution in [-0.2, 0) is 9.84 Å². The molecule has 22 heavy (non-hydrogen) atoms. The number of sulfone groups is 1. The van der Waals surface area contributed by atoms with Crippen LogP contribution in [-0.4, -0.2) is 19.6 Å². The Morgan fingerprint density at radius 1 is 1.23 bits per heavy atom. The molecule has 0 atom stereocenters. The molecular weight excluding hydrogens is 337 g/mol. The zero-order valence-corrected chi connectivity index (χ0v) is 12.7. The van der Waals surface area contributed by atoms with Crippen LogP contribution in [0.15, 0.2) is 41.3 Å². The number of nitro groups is 1. The second-order valence-electron chi connectivity index (χ2n) is 4.34. The van der Waals surface area contributed by atoms with Gasteiger partial charge in [0.1, 0.15) is 11.6 Å². The third-order valence-corrected chi connectivity index (χ3v) is 4.07. The van der Waals surface area contributed by atoms with E-state index in [4.69, 9.17) is 16.3 Å². The van der Waals surface area contributed by atoms with E-state index < -0.39 is 26.3 Å². The first-order valence-electron chi connectivity index (χ1n) is 5.80. The number of ether oxygens (including phenoxy) is 1. The van der Waals surface area contributed by atoms with Crippen LogP contribution in [0.3, 0.4) is 0 Å². The summed E-state index contributed by atoms with van der Waals surface area (Å²) in [6.07, 6.45) is 0.937. The molecule has 0 radical (unpaired) electrons. The first kappa shape index (κ1) is 16.2. The fraction of sp³-hybridized carbons (Fsp3) is 0.0769. The standard InChI is InChI=1S/C13H9ClFNO5S/c1-22(19,20)9-3-5-13(12(7-9)16(17)18)21-8-2-4-11(15)10(14)6-8/h2-7H,1H3. The van der Waals surface area contributed by atoms with E-state index in [2.05, 4.69) is 0 Å². The molecule has 0 amide bonds. The normalized spacial score (nSPS) is 11.2. The molecule has 0 saturated heterocycles. The molecule has 2 aromatic carbocycles. The molecule has 2 aromatic rings. The molecule has 0 aliphatic carbocycles. The molecule has 0 heterocycles. The van der Waals surface area contributed by atoms with Gasteiger partial charge in [-0.1, -0.05) is 11.6 Å². The van der Waals surface area contributed by atoms with Crippen LogP contribution in [0.5, 0.6) is 11.5 Å². The molecule has 0 fully saturated rings. The van der Waals surface area contributed by atoms with Crippen molar-refractivity contribution in [3.05, 3.63) is 57.4 Å². The minimum atomic E-state index is -3.59. The van der Waals surface area contributed by atoms with Crippen molar-refractivity contribution in [1.29, 1.82) is 0 Å². The van der Waals surface area contributed by atoms with Gasteiger partial charge in [-0.25, -0.2) is 12.8 Å². The summed E-state index contributed by atoms with van der Waals surface area (Å²) in [4.78, 5) is 10.1. The quantitative estimate of drug-likeness (QED) is 0.624. The van der Waals surface area contributed by atoms with E-state index in [9.17, 15) is 22.9 Å². The minimum absolute atomic E-state index is 0.0848. The maximum Gasteiger partial charge on any atom is 0.312 e. The molecule has 0 bridgehead atoms. The minimum Gasteiger partial charge on any atom is -0.450 e. The molecule has 0 saturated carbocycles. The van der Waals surface area contributed by atoms with Crippen LogP contribution in [0.2, 0.25) is 5.02 Å². The summed E-state index contributed by atoms with van der Waals surface area (Å²) >= 11 is 5.60. The number of hydrogen-bond donors (Lipinski definition) is 0. The van der Waals surface area contributed by atoms with Gasteiger partial charge in [-0.2, -0.15) is 0 Å². The second-order valence-corrected chi connectivity index (χ2v) is 6.76. The lowest BCUT2D eigenvalue weighted by Gasteiger charge is -2.08. The predicted molar refractivity (Wildman–Crippen MR) is 77.7 cm³/mol. The van der Waals surface area contributed by atoms with Crippen LogP contribution in [0.25, 0.3) is 0 Å². The summed E-state index contributed by atoms with van der Waals surface area (Å²) in [5, 5.41) is 10.9. The summed E-state index contributed by atoms with van der Waals surface area (Å²) in [6, 6.07) is 6.69. The summed E-state index contributed by atoms with van der Waals surface area (Å²) in [5.41, 5.74) is -0.525. The number of halogens is 2. The van der Waals surface area contributed by atoms with Gasteiger partial charge in [0.2, 0.25) is 5.75 Å². The van der Waals surface area contributed by atoms with Gasteiger partial charge in [0.05, 0.1) is 14.8 Å². The molecular formula is C13H9ClFNO5S. The highest BCUT2D eigenvalue weighted by molar-refractivity contribution is 7.90. The Labute approximate surface area is 130 Å². The van der Waals surface area contributed by atoms with Crippen molar-refractivity contribution in [2.75, 3.05) is 6.26 Å². The SMILES string of the molecule is CS(=O)(=O)c1ccc(Oc2ccc(F)c(Cl)c2)c([N+](=O)[O-])c1. The molecule has 0 N–H and O–H groups in total. The maximum atomic E-state index is 13.1. The Hall–Kier alpha value is -2.19. The Morgan fingerprint density at radius 2 is 1.91 bits per heavy atom. The van der Waals surface area contributed by atoms with Crippen molar-refractivity contribution in [2.24, 2.45) is 0 Å². The summed E-state index contributed by atoms with van der Waals surface area (Å²) < 4.78 is 41.2. The third kappa shape index (κ3) is 3.52. The zero-order valence-electron chi connectivity index (χ0n) is 11.1. The van der Waals surface area contributed by atoms with E-state index in [-0.39, 0.29) is 21.4 Å². The topological polar surface area (TPSA) is 86.5 Å². The van der Waals surface area contributed by atoms with Crippen molar-refractivity contribution in [1.82, 2.24) is 0 Å². The highest BCUT2D eigenvalue weighted by Gasteiger charge is 2.20. The van der Waals surface area contributed by atoms with Crippen molar-refractivity contribution in [3.8, 4) is 11.5 Å². The smallest absolute Gasteiger partial charge is 0.312 e. The highest BCUT2D eigenvalue weighted by atomic mass is 35.5.